The van der Waals surface area contributed by atoms with Gasteiger partial charge in [0.25, 0.3) is 0 Å². The summed E-state index contributed by atoms with van der Waals surface area (Å²) in [4.78, 5) is 4.56. The predicted molar refractivity (Wildman–Crippen MR) is 80.4 cm³/mol. The van der Waals surface area contributed by atoms with Gasteiger partial charge in [0.15, 0.2) is 0 Å². The van der Waals surface area contributed by atoms with Gasteiger partial charge in [-0.1, -0.05) is 26.3 Å². The lowest BCUT2D eigenvalue weighted by Gasteiger charge is -2.20. The van der Waals surface area contributed by atoms with E-state index in [1.807, 2.05) is 0 Å². The first-order valence-electron chi connectivity index (χ1n) is 7.05. The van der Waals surface area contributed by atoms with E-state index in [9.17, 15) is 0 Å². The summed E-state index contributed by atoms with van der Waals surface area (Å²) in [5.41, 5.74) is 3.94. The number of hydrogen-bond donors (Lipinski definition) is 0. The van der Waals surface area contributed by atoms with Gasteiger partial charge in [0.1, 0.15) is 0 Å². The highest BCUT2D eigenvalue weighted by molar-refractivity contribution is 5.31. The molecule has 2 nitrogen and oxygen atoms in total. The largest absolute Gasteiger partial charge is 0.375 e. The molecular formula is C16H28N2. The summed E-state index contributed by atoms with van der Waals surface area (Å²) in [6.45, 7) is 10.8. The zero-order valence-electron chi connectivity index (χ0n) is 12.5. The van der Waals surface area contributed by atoms with Gasteiger partial charge in [-0.25, -0.2) is 0 Å². The van der Waals surface area contributed by atoms with Gasteiger partial charge in [-0.2, -0.15) is 0 Å². The molecule has 0 N–H and O–H groups in total. The second kappa shape index (κ2) is 7.30. The fraction of sp³-hybridized carbons (Fsp3) is 0.625. The minimum absolute atomic E-state index is 1.10. The van der Waals surface area contributed by atoms with Crippen molar-refractivity contribution in [3.8, 4) is 0 Å². The van der Waals surface area contributed by atoms with E-state index in [0.29, 0.717) is 0 Å². The normalized spacial score (nSPS) is 15.9. The Morgan fingerprint density at radius 3 is 2.72 bits per heavy atom. The van der Waals surface area contributed by atoms with E-state index < -0.39 is 0 Å². The fourth-order valence-corrected chi connectivity index (χ4v) is 2.22. The van der Waals surface area contributed by atoms with Crippen LogP contribution >= 0.6 is 0 Å². The molecule has 0 amide bonds. The molecule has 0 fully saturated rings. The maximum absolute atomic E-state index is 4.14. The summed E-state index contributed by atoms with van der Waals surface area (Å²) < 4.78 is 0. The quantitative estimate of drug-likeness (QED) is 0.499. The van der Waals surface area contributed by atoms with Crippen molar-refractivity contribution in [2.75, 3.05) is 27.2 Å². The fourth-order valence-electron chi connectivity index (χ4n) is 2.22. The molecule has 1 rings (SSSR count). The number of hydrogen-bond acceptors (Lipinski definition) is 2. The summed E-state index contributed by atoms with van der Waals surface area (Å²) in [7, 11) is 4.28. The van der Waals surface area contributed by atoms with Crippen LogP contribution in [0.25, 0.3) is 0 Å². The Bertz CT molecular complexity index is 339. The second-order valence-corrected chi connectivity index (χ2v) is 5.29. The smallest absolute Gasteiger partial charge is 0.0354 e. The first kappa shape index (κ1) is 14.9. The molecule has 0 saturated heterocycles. The van der Waals surface area contributed by atoms with Crippen LogP contribution in [0.4, 0.5) is 0 Å². The van der Waals surface area contributed by atoms with E-state index >= 15 is 0 Å². The molecule has 0 aliphatic carbocycles. The van der Waals surface area contributed by atoms with Crippen LogP contribution in [0.5, 0.6) is 0 Å². The van der Waals surface area contributed by atoms with Crippen molar-refractivity contribution < 1.29 is 0 Å². The summed E-state index contributed by atoms with van der Waals surface area (Å²) in [6.07, 6.45) is 9.37. The molecule has 0 spiro atoms. The van der Waals surface area contributed by atoms with E-state index in [0.717, 1.165) is 18.8 Å². The average molecular weight is 248 g/mol. The SMILES string of the molecule is C=C(/C=C\C1=C(C)CCN1C)N(C)CCCCC. The van der Waals surface area contributed by atoms with Gasteiger partial charge in [-0.05, 0) is 37.5 Å². The van der Waals surface area contributed by atoms with Crippen molar-refractivity contribution in [1.29, 1.82) is 0 Å². The Hall–Kier alpha value is -1.18. The Kier molecular flexibility index (Phi) is 6.03. The van der Waals surface area contributed by atoms with Crippen molar-refractivity contribution in [3.63, 3.8) is 0 Å². The van der Waals surface area contributed by atoms with Crippen LogP contribution in [0.1, 0.15) is 39.5 Å². The van der Waals surface area contributed by atoms with Crippen molar-refractivity contribution in [2.45, 2.75) is 39.5 Å². The third-order valence-electron chi connectivity index (χ3n) is 3.69. The molecule has 0 saturated carbocycles. The van der Waals surface area contributed by atoms with Gasteiger partial charge in [0.05, 0.1) is 0 Å². The molecule has 0 aromatic carbocycles. The minimum atomic E-state index is 1.10. The van der Waals surface area contributed by atoms with Crippen LogP contribution in [-0.4, -0.2) is 37.0 Å². The molecular weight excluding hydrogens is 220 g/mol. The number of likely N-dealkylation sites (N-methyl/N-ethyl adjacent to an activating group) is 2. The molecule has 0 aromatic heterocycles. The highest BCUT2D eigenvalue weighted by Gasteiger charge is 2.13. The monoisotopic (exact) mass is 248 g/mol. The van der Waals surface area contributed by atoms with Crippen molar-refractivity contribution in [3.05, 3.63) is 35.7 Å². The minimum Gasteiger partial charge on any atom is -0.375 e. The molecule has 0 atom stereocenters. The number of allylic oxidation sites excluding steroid dienone is 2. The maximum atomic E-state index is 4.14. The van der Waals surface area contributed by atoms with Gasteiger partial charge < -0.3 is 9.80 Å². The Labute approximate surface area is 113 Å². The molecule has 1 aliphatic heterocycles. The number of unbranched alkanes of at least 4 members (excludes halogenated alkanes) is 2. The van der Waals surface area contributed by atoms with Gasteiger partial charge in [-0.3, -0.25) is 0 Å². The first-order chi connectivity index (χ1) is 8.56. The summed E-state index contributed by atoms with van der Waals surface area (Å²) in [6, 6.07) is 0. The number of rotatable bonds is 7. The van der Waals surface area contributed by atoms with Crippen molar-refractivity contribution in [1.82, 2.24) is 9.80 Å². The van der Waals surface area contributed by atoms with E-state index in [-0.39, 0.29) is 0 Å². The van der Waals surface area contributed by atoms with Crippen LogP contribution in [0.15, 0.2) is 35.7 Å². The van der Waals surface area contributed by atoms with Crippen LogP contribution in [0.3, 0.4) is 0 Å². The number of nitrogens with zero attached hydrogens (tertiary/aromatic N) is 2. The topological polar surface area (TPSA) is 6.48 Å². The molecule has 0 radical (unpaired) electrons. The Morgan fingerprint density at radius 2 is 2.17 bits per heavy atom. The third-order valence-corrected chi connectivity index (χ3v) is 3.69. The molecule has 0 bridgehead atoms. The first-order valence-corrected chi connectivity index (χ1v) is 7.05. The van der Waals surface area contributed by atoms with E-state index in [4.69, 9.17) is 0 Å². The van der Waals surface area contributed by atoms with Gasteiger partial charge in [-0.15, -0.1) is 0 Å². The molecule has 102 valence electrons. The third kappa shape index (κ3) is 4.25. The molecule has 1 aliphatic rings. The van der Waals surface area contributed by atoms with Gasteiger partial charge in [0.2, 0.25) is 0 Å². The summed E-state index contributed by atoms with van der Waals surface area (Å²) in [5, 5.41) is 0. The summed E-state index contributed by atoms with van der Waals surface area (Å²) >= 11 is 0. The van der Waals surface area contributed by atoms with Crippen LogP contribution < -0.4 is 0 Å². The Morgan fingerprint density at radius 1 is 1.44 bits per heavy atom. The molecule has 18 heavy (non-hydrogen) atoms. The van der Waals surface area contributed by atoms with Crippen LogP contribution in [-0.2, 0) is 0 Å². The lowest BCUT2D eigenvalue weighted by Crippen LogP contribution is -2.17. The molecule has 2 heteroatoms. The standard InChI is InChI=1S/C16H28N2/c1-6-7-8-12-17(4)15(3)9-10-16-14(2)11-13-18(16)5/h9-10H,3,6-8,11-13H2,1-2,4-5H3/b10-9-. The predicted octanol–water partition coefficient (Wildman–Crippen LogP) is 3.79. The second-order valence-electron chi connectivity index (χ2n) is 5.29. The van der Waals surface area contributed by atoms with E-state index in [2.05, 4.69) is 56.5 Å². The zero-order chi connectivity index (χ0) is 13.5. The van der Waals surface area contributed by atoms with Crippen LogP contribution in [0, 0.1) is 0 Å². The molecule has 0 unspecified atom stereocenters. The molecule has 0 aromatic rings. The highest BCUT2D eigenvalue weighted by atomic mass is 15.1. The van der Waals surface area contributed by atoms with Crippen molar-refractivity contribution in [2.24, 2.45) is 0 Å². The molecule has 1 heterocycles. The van der Waals surface area contributed by atoms with E-state index in [1.54, 1.807) is 0 Å². The van der Waals surface area contributed by atoms with Crippen molar-refractivity contribution >= 4 is 0 Å². The Balaban J connectivity index is 2.46. The highest BCUT2D eigenvalue weighted by Crippen LogP contribution is 2.22. The van der Waals surface area contributed by atoms with Crippen LogP contribution in [0.2, 0.25) is 0 Å². The zero-order valence-corrected chi connectivity index (χ0v) is 12.5. The average Bonchev–Trinajstić information content (AvgIpc) is 2.66. The van der Waals surface area contributed by atoms with Gasteiger partial charge in [0, 0.05) is 38.6 Å². The maximum Gasteiger partial charge on any atom is 0.0354 e. The lowest BCUT2D eigenvalue weighted by atomic mass is 10.2. The van der Waals surface area contributed by atoms with Gasteiger partial charge >= 0.3 is 0 Å². The lowest BCUT2D eigenvalue weighted by molar-refractivity contribution is 0.413. The summed E-state index contributed by atoms with van der Waals surface area (Å²) in [5.74, 6) is 0. The van der Waals surface area contributed by atoms with E-state index in [1.165, 1.54) is 37.0 Å².